The van der Waals surface area contributed by atoms with Crippen molar-refractivity contribution in [1.29, 1.82) is 0 Å². The van der Waals surface area contributed by atoms with Crippen LogP contribution in [0.4, 0.5) is 13.2 Å². The summed E-state index contributed by atoms with van der Waals surface area (Å²) in [5.41, 5.74) is -0.121. The molecule has 0 aliphatic carbocycles. The molecule has 0 amide bonds. The maximum absolute atomic E-state index is 12.7. The van der Waals surface area contributed by atoms with Crippen LogP contribution in [-0.4, -0.2) is 0 Å². The highest BCUT2D eigenvalue weighted by atomic mass is 19.2. The SMILES string of the molecule is [C-]#[N+]Cc1ccc(F)c(F)c1F. The summed E-state index contributed by atoms with van der Waals surface area (Å²) in [5.74, 6) is -4.02. The minimum atomic E-state index is -1.52. The van der Waals surface area contributed by atoms with Crippen LogP contribution in [0, 0.1) is 24.0 Å². The summed E-state index contributed by atoms with van der Waals surface area (Å²) in [7, 11) is 0. The van der Waals surface area contributed by atoms with Gasteiger partial charge in [0.05, 0.1) is 5.56 Å². The first-order valence-electron chi connectivity index (χ1n) is 3.12. The second kappa shape index (κ2) is 3.26. The third-order valence-electron chi connectivity index (χ3n) is 1.36. The molecule has 4 heteroatoms. The molecule has 0 atom stereocenters. The van der Waals surface area contributed by atoms with E-state index in [2.05, 4.69) is 4.85 Å². The van der Waals surface area contributed by atoms with Crippen LogP contribution in [0.1, 0.15) is 5.56 Å². The van der Waals surface area contributed by atoms with Crippen molar-refractivity contribution in [3.8, 4) is 0 Å². The van der Waals surface area contributed by atoms with Crippen molar-refractivity contribution in [3.05, 3.63) is 46.6 Å². The summed E-state index contributed by atoms with van der Waals surface area (Å²) in [6.45, 7) is 6.13. The molecule has 1 rings (SSSR count). The molecule has 0 saturated heterocycles. The van der Waals surface area contributed by atoms with E-state index in [4.69, 9.17) is 6.57 Å². The zero-order valence-electron chi connectivity index (χ0n) is 5.94. The van der Waals surface area contributed by atoms with Crippen LogP contribution in [0.15, 0.2) is 12.1 Å². The van der Waals surface area contributed by atoms with E-state index in [0.29, 0.717) is 0 Å². The Bertz CT molecular complexity index is 341. The fourth-order valence-electron chi connectivity index (χ4n) is 0.773. The fraction of sp³-hybridized carbons (Fsp3) is 0.125. The van der Waals surface area contributed by atoms with Crippen molar-refractivity contribution in [2.45, 2.75) is 6.54 Å². The molecular formula is C8H4F3N. The van der Waals surface area contributed by atoms with Gasteiger partial charge in [-0.05, 0) is 12.1 Å². The molecule has 62 valence electrons. The van der Waals surface area contributed by atoms with Gasteiger partial charge >= 0.3 is 0 Å². The van der Waals surface area contributed by atoms with E-state index in [1.165, 1.54) is 0 Å². The monoisotopic (exact) mass is 171 g/mol. The van der Waals surface area contributed by atoms with E-state index in [-0.39, 0.29) is 12.1 Å². The third kappa shape index (κ3) is 1.40. The van der Waals surface area contributed by atoms with E-state index in [1.54, 1.807) is 0 Å². The molecule has 0 unspecified atom stereocenters. The Balaban J connectivity index is 3.19. The average Bonchev–Trinajstić information content (AvgIpc) is 2.07. The Kier molecular flexibility index (Phi) is 2.34. The fourth-order valence-corrected chi connectivity index (χ4v) is 0.773. The molecule has 0 saturated carbocycles. The molecule has 0 aromatic heterocycles. The molecule has 1 aromatic rings. The average molecular weight is 171 g/mol. The minimum absolute atomic E-state index is 0.121. The quantitative estimate of drug-likeness (QED) is 0.451. The van der Waals surface area contributed by atoms with Crippen LogP contribution < -0.4 is 0 Å². The van der Waals surface area contributed by atoms with Crippen LogP contribution in [0.25, 0.3) is 4.85 Å². The summed E-state index contributed by atoms with van der Waals surface area (Å²) >= 11 is 0. The van der Waals surface area contributed by atoms with Gasteiger partial charge in [-0.3, -0.25) is 0 Å². The van der Waals surface area contributed by atoms with Gasteiger partial charge in [0.1, 0.15) is 0 Å². The third-order valence-corrected chi connectivity index (χ3v) is 1.36. The highest BCUT2D eigenvalue weighted by molar-refractivity contribution is 5.21. The zero-order chi connectivity index (χ0) is 9.14. The lowest BCUT2D eigenvalue weighted by Crippen LogP contribution is -1.95. The van der Waals surface area contributed by atoms with Gasteiger partial charge in [-0.2, -0.15) is 0 Å². The van der Waals surface area contributed by atoms with Gasteiger partial charge in [0.15, 0.2) is 17.5 Å². The standard InChI is InChI=1S/C8H4F3N/c1-12-4-5-2-3-6(9)8(11)7(5)10/h2-3H,4H2. The Labute approximate surface area is 67.3 Å². The topological polar surface area (TPSA) is 4.36 Å². The first-order chi connectivity index (χ1) is 5.66. The molecule has 0 aliphatic heterocycles. The van der Waals surface area contributed by atoms with Crippen molar-refractivity contribution in [1.82, 2.24) is 0 Å². The van der Waals surface area contributed by atoms with E-state index in [1.807, 2.05) is 0 Å². The minimum Gasteiger partial charge on any atom is -0.312 e. The number of halogens is 3. The maximum Gasteiger partial charge on any atom is 0.242 e. The van der Waals surface area contributed by atoms with E-state index in [0.717, 1.165) is 12.1 Å². The summed E-state index contributed by atoms with van der Waals surface area (Å²) in [6, 6.07) is 1.87. The zero-order valence-corrected chi connectivity index (χ0v) is 5.94. The predicted octanol–water partition coefficient (Wildman–Crippen LogP) is 2.52. The van der Waals surface area contributed by atoms with Crippen molar-refractivity contribution in [3.63, 3.8) is 0 Å². The molecule has 0 N–H and O–H groups in total. The number of hydrogen-bond acceptors (Lipinski definition) is 0. The molecule has 0 radical (unpaired) electrons. The Hall–Kier alpha value is -1.50. The predicted molar refractivity (Wildman–Crippen MR) is 36.6 cm³/mol. The van der Waals surface area contributed by atoms with Crippen LogP contribution in [0.2, 0.25) is 0 Å². The summed E-state index contributed by atoms with van der Waals surface area (Å²) in [4.78, 5) is 2.86. The van der Waals surface area contributed by atoms with Crippen LogP contribution in [0.3, 0.4) is 0 Å². The Morgan fingerprint density at radius 3 is 2.42 bits per heavy atom. The molecule has 12 heavy (non-hydrogen) atoms. The second-order valence-electron chi connectivity index (χ2n) is 2.15. The van der Waals surface area contributed by atoms with Crippen LogP contribution >= 0.6 is 0 Å². The number of rotatable bonds is 1. The lowest BCUT2D eigenvalue weighted by Gasteiger charge is -1.97. The van der Waals surface area contributed by atoms with Crippen molar-refractivity contribution in [2.24, 2.45) is 0 Å². The van der Waals surface area contributed by atoms with Gasteiger partial charge in [-0.25, -0.2) is 19.7 Å². The number of benzene rings is 1. The summed E-state index contributed by atoms with van der Waals surface area (Å²) < 4.78 is 37.5. The van der Waals surface area contributed by atoms with E-state index < -0.39 is 17.5 Å². The van der Waals surface area contributed by atoms with Gasteiger partial charge in [-0.1, -0.05) is 0 Å². The van der Waals surface area contributed by atoms with Crippen molar-refractivity contribution >= 4 is 0 Å². The Morgan fingerprint density at radius 2 is 1.83 bits per heavy atom. The summed E-state index contributed by atoms with van der Waals surface area (Å²) in [5, 5.41) is 0. The first kappa shape index (κ1) is 8.60. The van der Waals surface area contributed by atoms with Crippen molar-refractivity contribution in [2.75, 3.05) is 0 Å². The number of nitrogens with zero attached hydrogens (tertiary/aromatic N) is 1. The van der Waals surface area contributed by atoms with E-state index in [9.17, 15) is 13.2 Å². The molecule has 0 aliphatic rings. The van der Waals surface area contributed by atoms with Gasteiger partial charge in [0.25, 0.3) is 0 Å². The van der Waals surface area contributed by atoms with Gasteiger partial charge < -0.3 is 4.85 Å². The van der Waals surface area contributed by atoms with Crippen LogP contribution in [0.5, 0.6) is 0 Å². The molecule has 1 nitrogen and oxygen atoms in total. The maximum atomic E-state index is 12.7. The normalized spacial score (nSPS) is 9.50. The highest BCUT2D eigenvalue weighted by Gasteiger charge is 2.13. The first-order valence-corrected chi connectivity index (χ1v) is 3.12. The molecule has 0 bridgehead atoms. The molecular weight excluding hydrogens is 167 g/mol. The lowest BCUT2D eigenvalue weighted by molar-refractivity contribution is 0.442. The molecule has 0 heterocycles. The smallest absolute Gasteiger partial charge is 0.242 e. The van der Waals surface area contributed by atoms with Gasteiger partial charge in [0.2, 0.25) is 6.54 Å². The van der Waals surface area contributed by atoms with Gasteiger partial charge in [0, 0.05) is 0 Å². The molecule has 0 fully saturated rings. The van der Waals surface area contributed by atoms with Crippen LogP contribution in [-0.2, 0) is 6.54 Å². The highest BCUT2D eigenvalue weighted by Crippen LogP contribution is 2.15. The largest absolute Gasteiger partial charge is 0.312 e. The van der Waals surface area contributed by atoms with Gasteiger partial charge in [-0.15, -0.1) is 0 Å². The molecule has 1 aromatic carbocycles. The van der Waals surface area contributed by atoms with Crippen molar-refractivity contribution < 1.29 is 13.2 Å². The Morgan fingerprint density at radius 1 is 1.17 bits per heavy atom. The summed E-state index contributed by atoms with van der Waals surface area (Å²) in [6.07, 6.45) is 0. The molecule has 0 spiro atoms. The lowest BCUT2D eigenvalue weighted by atomic mass is 10.2. The van der Waals surface area contributed by atoms with E-state index >= 15 is 0 Å². The second-order valence-corrected chi connectivity index (χ2v) is 2.15. The number of hydrogen-bond donors (Lipinski definition) is 0.